The Balaban J connectivity index is -0.000000405. The van der Waals surface area contributed by atoms with Crippen LogP contribution in [0.15, 0.2) is 0 Å². The summed E-state index contributed by atoms with van der Waals surface area (Å²) in [7, 11) is 0. The summed E-state index contributed by atoms with van der Waals surface area (Å²) in [6.45, 7) is 0. The van der Waals surface area contributed by atoms with E-state index in [2.05, 4.69) is 7.26 Å². The van der Waals surface area contributed by atoms with Crippen LogP contribution in [-0.2, 0) is 41.3 Å². The van der Waals surface area contributed by atoms with Gasteiger partial charge in [0.15, 0.2) is 0 Å². The first-order chi connectivity index (χ1) is 4.52. The van der Waals surface area contributed by atoms with Crippen LogP contribution in [0.5, 0.6) is 0 Å². The molecule has 12 heteroatoms. The topological polar surface area (TPSA) is 110 Å². The van der Waals surface area contributed by atoms with Gasteiger partial charge < -0.3 is 0 Å². The molecular formula is H6Ca2O7S3. The van der Waals surface area contributed by atoms with Gasteiger partial charge in [-0.1, -0.05) is 0 Å². The molecule has 0 aliphatic heterocycles. The molecule has 0 aromatic rings. The third-order valence-electron chi connectivity index (χ3n) is 0.228. The summed E-state index contributed by atoms with van der Waals surface area (Å²) in [5.41, 5.74) is 0. The van der Waals surface area contributed by atoms with Crippen LogP contribution in [0.1, 0.15) is 0 Å². The molecule has 0 aliphatic rings. The Morgan fingerprint density at radius 2 is 1.08 bits per heavy atom. The molecule has 0 saturated carbocycles. The van der Waals surface area contributed by atoms with Crippen LogP contribution in [-0.4, -0.2) is 97.2 Å². The zero-order chi connectivity index (χ0) is 8.15. The molecule has 70 valence electrons. The molecule has 0 aromatic carbocycles. The Bertz CT molecular complexity index is 159. The van der Waals surface area contributed by atoms with E-state index in [1.165, 1.54) is 0 Å². The van der Waals surface area contributed by atoms with Gasteiger partial charge in [0.05, 0.1) is 0 Å². The maximum atomic E-state index is 10.0. The molecule has 0 radical (unpaired) electrons. The zero-order valence-electron chi connectivity index (χ0n) is 4.16. The molecule has 0 rings (SSSR count). The summed E-state index contributed by atoms with van der Waals surface area (Å²) in [5.74, 6) is 0. The van der Waals surface area contributed by atoms with Crippen molar-refractivity contribution < 1.29 is 29.0 Å². The number of hydrogen-bond donors (Lipinski definition) is 2. The van der Waals surface area contributed by atoms with Crippen LogP contribution in [0.25, 0.3) is 0 Å². The minimum atomic E-state index is -2.78. The van der Waals surface area contributed by atoms with Gasteiger partial charge in [-0.25, -0.2) is 0 Å². The summed E-state index contributed by atoms with van der Waals surface area (Å²) >= 11 is -8.25. The zero-order valence-corrected chi connectivity index (χ0v) is 6.61. The van der Waals surface area contributed by atoms with Crippen molar-refractivity contribution in [3.8, 4) is 0 Å². The predicted molar refractivity (Wildman–Crippen MR) is 48.9 cm³/mol. The molecule has 2 unspecified atom stereocenters. The second-order valence-corrected chi connectivity index (χ2v) is 3.14. The molecule has 0 aromatic heterocycles. The van der Waals surface area contributed by atoms with Crippen molar-refractivity contribution in [1.82, 2.24) is 0 Å². The average Bonchev–Trinajstić information content (AvgIpc) is 1.58. The Morgan fingerprint density at radius 3 is 1.25 bits per heavy atom. The normalized spacial score (nSPS) is 16.5. The van der Waals surface area contributed by atoms with Gasteiger partial charge in [-0.15, -0.1) is 7.26 Å². The van der Waals surface area contributed by atoms with Crippen LogP contribution in [0.2, 0.25) is 0 Å². The third kappa shape index (κ3) is 15.3. The Kier molecular flexibility index (Phi) is 20.1. The van der Waals surface area contributed by atoms with Crippen molar-refractivity contribution in [2.24, 2.45) is 0 Å². The molecule has 0 spiro atoms. The standard InChI is InChI=1S/2Ca.H2O7S3.4H/c;;1-8(2)6-10(5)7-9(3)4;;;;/h;;(H,1,2)(H,3,4);;;;. The summed E-state index contributed by atoms with van der Waals surface area (Å²) in [5, 5.41) is 0. The van der Waals surface area contributed by atoms with Crippen molar-refractivity contribution in [3.63, 3.8) is 0 Å². The second kappa shape index (κ2) is 11.9. The minimum absolute atomic E-state index is 0. The molecule has 0 saturated heterocycles. The summed E-state index contributed by atoms with van der Waals surface area (Å²) < 4.78 is 51.9. The second-order valence-electron chi connectivity index (χ2n) is 0.774. The van der Waals surface area contributed by atoms with E-state index in [0.717, 1.165) is 0 Å². The number of rotatable bonds is 4. The monoisotopic (exact) mass is 294 g/mol. The number of hydrogen-bond acceptors (Lipinski definition) is 5. The van der Waals surface area contributed by atoms with Gasteiger partial charge in [-0.2, -0.15) is 12.6 Å². The van der Waals surface area contributed by atoms with Gasteiger partial charge >= 0.3 is 110 Å². The van der Waals surface area contributed by atoms with Crippen molar-refractivity contribution in [3.05, 3.63) is 0 Å². The summed E-state index contributed by atoms with van der Waals surface area (Å²) in [4.78, 5) is 0. The van der Waals surface area contributed by atoms with E-state index in [0.29, 0.717) is 0 Å². The molecule has 0 amide bonds. The quantitative estimate of drug-likeness (QED) is 0.421. The van der Waals surface area contributed by atoms with Gasteiger partial charge in [-0.05, 0) is 0 Å². The fourth-order valence-electron chi connectivity index (χ4n) is 0.106. The molecule has 12 heavy (non-hydrogen) atoms. The van der Waals surface area contributed by atoms with Crippen molar-refractivity contribution in [1.29, 1.82) is 0 Å². The summed E-state index contributed by atoms with van der Waals surface area (Å²) in [6.07, 6.45) is 0. The Hall–Kier alpha value is 2.81. The molecule has 0 aliphatic carbocycles. The molecule has 0 bridgehead atoms. The molecule has 2 N–H and O–H groups in total. The molecule has 0 fully saturated rings. The first-order valence-electron chi connectivity index (χ1n) is 1.53. The molecule has 7 nitrogen and oxygen atoms in total. The van der Waals surface area contributed by atoms with Crippen LogP contribution in [0.3, 0.4) is 0 Å². The van der Waals surface area contributed by atoms with E-state index in [4.69, 9.17) is 9.11 Å². The molecule has 0 heterocycles. The van der Waals surface area contributed by atoms with E-state index < -0.39 is 34.1 Å². The van der Waals surface area contributed by atoms with Crippen molar-refractivity contribution >= 4 is 110 Å². The van der Waals surface area contributed by atoms with E-state index in [1.54, 1.807) is 0 Å². The van der Waals surface area contributed by atoms with Crippen molar-refractivity contribution in [2.75, 3.05) is 0 Å². The first-order valence-corrected chi connectivity index (χ1v) is 4.60. The predicted octanol–water partition coefficient (Wildman–Crippen LogP) is -2.96. The van der Waals surface area contributed by atoms with E-state index in [9.17, 15) is 12.6 Å². The third-order valence-corrected chi connectivity index (χ3v) is 2.05. The fourth-order valence-corrected chi connectivity index (χ4v) is 1.16. The van der Waals surface area contributed by atoms with Gasteiger partial charge in [-0.3, -0.25) is 9.11 Å². The molecule has 2 atom stereocenters. The van der Waals surface area contributed by atoms with E-state index >= 15 is 0 Å². The average molecular weight is 294 g/mol. The van der Waals surface area contributed by atoms with Crippen LogP contribution < -0.4 is 0 Å². The molecular weight excluding hydrogens is 288 g/mol. The van der Waals surface area contributed by atoms with Gasteiger partial charge in [0.1, 0.15) is 0 Å². The van der Waals surface area contributed by atoms with E-state index in [1.807, 2.05) is 0 Å². The summed E-state index contributed by atoms with van der Waals surface area (Å²) in [6, 6.07) is 0. The van der Waals surface area contributed by atoms with Crippen LogP contribution >= 0.6 is 0 Å². The van der Waals surface area contributed by atoms with Gasteiger partial charge in [0, 0.05) is 0 Å². The first kappa shape index (κ1) is 20.3. The maximum absolute atomic E-state index is 10.0. The Morgan fingerprint density at radius 1 is 0.833 bits per heavy atom. The Labute approximate surface area is 136 Å². The fraction of sp³-hybridized carbons (Fsp3) is 0. The van der Waals surface area contributed by atoms with Gasteiger partial charge in [0.25, 0.3) is 0 Å². The van der Waals surface area contributed by atoms with Crippen LogP contribution in [0.4, 0.5) is 0 Å². The SMILES string of the molecule is O=S(O)OS(=O)OS(=O)O.[CaH2].[CaH2]. The van der Waals surface area contributed by atoms with Crippen LogP contribution in [0, 0.1) is 0 Å². The van der Waals surface area contributed by atoms with Gasteiger partial charge in [0.2, 0.25) is 0 Å². The van der Waals surface area contributed by atoms with Crippen molar-refractivity contribution in [2.45, 2.75) is 0 Å². The van der Waals surface area contributed by atoms with E-state index in [-0.39, 0.29) is 75.5 Å².